The van der Waals surface area contributed by atoms with Crippen molar-refractivity contribution in [2.45, 2.75) is 19.3 Å². The number of hydrogen-bond acceptors (Lipinski definition) is 3. The Bertz CT molecular complexity index is 720. The maximum Gasteiger partial charge on any atom is 0.123 e. The summed E-state index contributed by atoms with van der Waals surface area (Å²) in [6, 6.07) is 14.7. The second-order valence-corrected chi connectivity index (χ2v) is 5.20. The second-order valence-electron chi connectivity index (χ2n) is 5.20. The van der Waals surface area contributed by atoms with Crippen LogP contribution in [0.15, 0.2) is 58.7 Å². The van der Waals surface area contributed by atoms with Gasteiger partial charge in [-0.1, -0.05) is 36.4 Å². The van der Waals surface area contributed by atoms with Crippen molar-refractivity contribution in [3.63, 3.8) is 0 Å². The van der Waals surface area contributed by atoms with Gasteiger partial charge in [-0.3, -0.25) is 0 Å². The maximum absolute atomic E-state index is 13.6. The van der Waals surface area contributed by atoms with Crippen LogP contribution in [0.1, 0.15) is 29.0 Å². The average Bonchev–Trinajstić information content (AvgIpc) is 2.51. The molecule has 0 saturated carbocycles. The van der Waals surface area contributed by atoms with Gasteiger partial charge in [0.15, 0.2) is 0 Å². The zero-order valence-corrected chi connectivity index (χ0v) is 11.8. The lowest BCUT2D eigenvalue weighted by molar-refractivity contribution is 0.627. The van der Waals surface area contributed by atoms with E-state index in [9.17, 15) is 4.39 Å². The van der Waals surface area contributed by atoms with Crippen molar-refractivity contribution in [3.8, 4) is 0 Å². The van der Waals surface area contributed by atoms with Crippen LogP contribution < -0.4 is 5.73 Å². The third-order valence-corrected chi connectivity index (χ3v) is 3.71. The highest BCUT2D eigenvalue weighted by atomic mass is 19.1. The lowest BCUT2D eigenvalue weighted by Crippen LogP contribution is -2.26. The summed E-state index contributed by atoms with van der Waals surface area (Å²) in [4.78, 5) is 0. The minimum atomic E-state index is -0.271. The highest BCUT2D eigenvalue weighted by Gasteiger charge is 2.25. The van der Waals surface area contributed by atoms with E-state index in [1.54, 1.807) is 6.07 Å². The van der Waals surface area contributed by atoms with Gasteiger partial charge in [-0.2, -0.15) is 5.10 Å². The molecule has 106 valence electrons. The first-order valence-electron chi connectivity index (χ1n) is 6.86. The monoisotopic (exact) mass is 281 g/mol. The first-order valence-corrected chi connectivity index (χ1v) is 6.86. The Morgan fingerprint density at radius 3 is 2.62 bits per heavy atom. The second kappa shape index (κ2) is 5.48. The smallest absolute Gasteiger partial charge is 0.123 e. The van der Waals surface area contributed by atoms with Gasteiger partial charge >= 0.3 is 0 Å². The SMILES string of the molecule is Cc1ccc(F)cc1C1=NN=C(N)CC1c1ccccc1. The summed E-state index contributed by atoms with van der Waals surface area (Å²) in [5.41, 5.74) is 9.49. The average molecular weight is 281 g/mol. The largest absolute Gasteiger partial charge is 0.386 e. The molecule has 0 aromatic heterocycles. The minimum Gasteiger partial charge on any atom is -0.386 e. The number of benzene rings is 2. The van der Waals surface area contributed by atoms with Gasteiger partial charge in [0.1, 0.15) is 11.7 Å². The van der Waals surface area contributed by atoms with E-state index in [1.165, 1.54) is 12.1 Å². The highest BCUT2D eigenvalue weighted by Crippen LogP contribution is 2.29. The molecule has 1 aliphatic rings. The topological polar surface area (TPSA) is 50.7 Å². The molecule has 1 heterocycles. The van der Waals surface area contributed by atoms with Gasteiger partial charge in [-0.15, -0.1) is 5.10 Å². The summed E-state index contributed by atoms with van der Waals surface area (Å²) in [5.74, 6) is 0.235. The molecule has 1 aliphatic heterocycles. The van der Waals surface area contributed by atoms with E-state index in [0.717, 1.165) is 22.4 Å². The lowest BCUT2D eigenvalue weighted by atomic mass is 9.85. The molecule has 0 bridgehead atoms. The minimum absolute atomic E-state index is 0.00389. The molecule has 3 nitrogen and oxygen atoms in total. The predicted molar refractivity (Wildman–Crippen MR) is 83.1 cm³/mol. The van der Waals surface area contributed by atoms with Crippen LogP contribution in [-0.4, -0.2) is 11.5 Å². The van der Waals surface area contributed by atoms with Crippen LogP contribution in [0, 0.1) is 12.7 Å². The maximum atomic E-state index is 13.6. The van der Waals surface area contributed by atoms with Gasteiger partial charge in [-0.25, -0.2) is 4.39 Å². The molecule has 1 atom stereocenters. The molecule has 2 aromatic carbocycles. The van der Waals surface area contributed by atoms with Gasteiger partial charge in [0.2, 0.25) is 0 Å². The Hall–Kier alpha value is -2.49. The molecule has 3 rings (SSSR count). The Kier molecular flexibility index (Phi) is 3.52. The van der Waals surface area contributed by atoms with Crippen LogP contribution >= 0.6 is 0 Å². The van der Waals surface area contributed by atoms with Gasteiger partial charge in [0.05, 0.1) is 5.71 Å². The van der Waals surface area contributed by atoms with Crippen molar-refractivity contribution < 1.29 is 4.39 Å². The zero-order valence-electron chi connectivity index (χ0n) is 11.8. The first-order chi connectivity index (χ1) is 10.1. The Morgan fingerprint density at radius 2 is 1.86 bits per heavy atom. The number of amidine groups is 1. The summed E-state index contributed by atoms with van der Waals surface area (Å²) in [6.07, 6.45) is 0.596. The molecule has 2 aromatic rings. The van der Waals surface area contributed by atoms with E-state index in [1.807, 2.05) is 37.3 Å². The predicted octanol–water partition coefficient (Wildman–Crippen LogP) is 3.38. The number of rotatable bonds is 2. The Morgan fingerprint density at radius 1 is 1.10 bits per heavy atom. The van der Waals surface area contributed by atoms with Crippen LogP contribution in [0.5, 0.6) is 0 Å². The number of hydrogen-bond donors (Lipinski definition) is 1. The van der Waals surface area contributed by atoms with Crippen molar-refractivity contribution >= 4 is 11.5 Å². The fourth-order valence-corrected chi connectivity index (χ4v) is 2.61. The molecule has 0 fully saturated rings. The fraction of sp³-hybridized carbons (Fsp3) is 0.176. The van der Waals surface area contributed by atoms with E-state index >= 15 is 0 Å². The number of aryl methyl sites for hydroxylation is 1. The van der Waals surface area contributed by atoms with Gasteiger partial charge in [0.25, 0.3) is 0 Å². The molecule has 0 spiro atoms. The van der Waals surface area contributed by atoms with Crippen LogP contribution in [0.2, 0.25) is 0 Å². The zero-order chi connectivity index (χ0) is 14.8. The Balaban J connectivity index is 2.11. The van der Waals surface area contributed by atoms with Crippen molar-refractivity contribution in [2.75, 3.05) is 0 Å². The summed E-state index contributed by atoms with van der Waals surface area (Å²) >= 11 is 0. The quantitative estimate of drug-likeness (QED) is 0.901. The standard InChI is InChI=1S/C17H16FN3/c1-11-7-8-13(18)9-14(11)17-15(10-16(19)20-21-17)12-5-3-2-4-6-12/h2-9,15H,10H2,1H3,(H2,19,20). The molecule has 0 saturated heterocycles. The first kappa shape index (κ1) is 13.5. The van der Waals surface area contributed by atoms with Crippen molar-refractivity contribution in [2.24, 2.45) is 15.9 Å². The van der Waals surface area contributed by atoms with E-state index < -0.39 is 0 Å². The normalized spacial score (nSPS) is 18.1. The number of halogens is 1. The van der Waals surface area contributed by atoms with Crippen LogP contribution in [0.3, 0.4) is 0 Å². The van der Waals surface area contributed by atoms with E-state index in [-0.39, 0.29) is 11.7 Å². The van der Waals surface area contributed by atoms with Crippen molar-refractivity contribution in [3.05, 3.63) is 71.0 Å². The van der Waals surface area contributed by atoms with E-state index in [2.05, 4.69) is 10.2 Å². The van der Waals surface area contributed by atoms with Gasteiger partial charge < -0.3 is 5.73 Å². The summed E-state index contributed by atoms with van der Waals surface area (Å²) in [5, 5.41) is 8.25. The van der Waals surface area contributed by atoms with Crippen molar-refractivity contribution in [1.82, 2.24) is 0 Å². The molecule has 0 amide bonds. The number of nitrogens with zero attached hydrogens (tertiary/aromatic N) is 2. The molecule has 21 heavy (non-hydrogen) atoms. The Labute approximate surface area is 123 Å². The third kappa shape index (κ3) is 2.70. The number of nitrogens with two attached hydrogens (primary N) is 1. The molecular formula is C17H16FN3. The van der Waals surface area contributed by atoms with E-state index in [0.29, 0.717) is 12.3 Å². The molecule has 1 unspecified atom stereocenters. The van der Waals surface area contributed by atoms with Crippen molar-refractivity contribution in [1.29, 1.82) is 0 Å². The summed E-state index contributed by atoms with van der Waals surface area (Å²) in [6.45, 7) is 1.95. The summed E-state index contributed by atoms with van der Waals surface area (Å²) in [7, 11) is 0. The molecule has 4 heteroatoms. The molecular weight excluding hydrogens is 265 g/mol. The van der Waals surface area contributed by atoms with Crippen LogP contribution in [0.4, 0.5) is 4.39 Å². The fourth-order valence-electron chi connectivity index (χ4n) is 2.61. The molecule has 0 aliphatic carbocycles. The lowest BCUT2D eigenvalue weighted by Gasteiger charge is -2.23. The highest BCUT2D eigenvalue weighted by molar-refractivity contribution is 6.09. The van der Waals surface area contributed by atoms with Crippen LogP contribution in [-0.2, 0) is 0 Å². The molecule has 0 radical (unpaired) electrons. The third-order valence-electron chi connectivity index (χ3n) is 3.71. The summed E-state index contributed by atoms with van der Waals surface area (Å²) < 4.78 is 13.6. The molecule has 2 N–H and O–H groups in total. The van der Waals surface area contributed by atoms with Gasteiger partial charge in [-0.05, 0) is 30.2 Å². The van der Waals surface area contributed by atoms with Gasteiger partial charge in [0, 0.05) is 17.9 Å². The van der Waals surface area contributed by atoms with E-state index in [4.69, 9.17) is 5.73 Å². The van der Waals surface area contributed by atoms with Crippen LogP contribution in [0.25, 0.3) is 0 Å².